The number of alkyl halides is 1. The molecule has 37 heavy (non-hydrogen) atoms. The van der Waals surface area contributed by atoms with Crippen molar-refractivity contribution in [3.8, 4) is 0 Å². The number of carboxylic acid groups (broad SMARTS) is 1. The van der Waals surface area contributed by atoms with E-state index >= 15 is 0 Å². The lowest BCUT2D eigenvalue weighted by molar-refractivity contribution is -0.140. The molecule has 2 atom stereocenters. The van der Waals surface area contributed by atoms with Crippen LogP contribution in [-0.2, 0) is 20.8 Å². The molecular formula is C26H25FN4O6. The Morgan fingerprint density at radius 3 is 2.16 bits per heavy atom. The van der Waals surface area contributed by atoms with Gasteiger partial charge in [0.1, 0.15) is 24.4 Å². The first-order valence-corrected chi connectivity index (χ1v) is 11.3. The standard InChI is InChI=1S/C26H25FN4O6/c27-16-22(32)20(15-23(33)34)29-24(35)21(14-17-8-3-1-4-9-17)31-13-7-12-19(25(31)36)30-26(37)28-18-10-5-2-6-11-18/h1-13,20-21H,14-16H2,(H,29,35)(H,33,34)(H2,28,30,37)/t20?,21-/m0/s1. The highest BCUT2D eigenvalue weighted by Crippen LogP contribution is 2.16. The summed E-state index contributed by atoms with van der Waals surface area (Å²) < 4.78 is 14.1. The van der Waals surface area contributed by atoms with Crippen LogP contribution in [0.1, 0.15) is 18.0 Å². The molecule has 4 N–H and O–H groups in total. The minimum absolute atomic E-state index is 0.00412. The van der Waals surface area contributed by atoms with Crippen LogP contribution in [0.15, 0.2) is 83.8 Å². The number of carbonyl (C=O) groups is 4. The molecule has 0 aliphatic heterocycles. The Kier molecular flexibility index (Phi) is 9.25. The van der Waals surface area contributed by atoms with Gasteiger partial charge in [0.15, 0.2) is 5.78 Å². The Hall–Kier alpha value is -4.80. The van der Waals surface area contributed by atoms with E-state index in [4.69, 9.17) is 5.11 Å². The largest absolute Gasteiger partial charge is 0.481 e. The van der Waals surface area contributed by atoms with Gasteiger partial charge >= 0.3 is 12.0 Å². The van der Waals surface area contributed by atoms with E-state index in [1.807, 2.05) is 0 Å². The maximum Gasteiger partial charge on any atom is 0.323 e. The van der Waals surface area contributed by atoms with E-state index in [1.165, 1.54) is 18.3 Å². The molecule has 0 aliphatic carbocycles. The SMILES string of the molecule is O=C(O)CC(NC(=O)[C@H](Cc1ccccc1)n1cccc(NC(=O)Nc2ccccc2)c1=O)C(=O)CF. The predicted molar refractivity (Wildman–Crippen MR) is 134 cm³/mol. The number of nitrogens with zero attached hydrogens (tertiary/aromatic N) is 1. The van der Waals surface area contributed by atoms with Gasteiger partial charge in [0.25, 0.3) is 5.56 Å². The molecule has 0 radical (unpaired) electrons. The molecule has 0 fully saturated rings. The first kappa shape index (κ1) is 26.8. The van der Waals surface area contributed by atoms with Gasteiger partial charge in [-0.05, 0) is 29.8 Å². The van der Waals surface area contributed by atoms with Crippen molar-refractivity contribution in [1.29, 1.82) is 0 Å². The van der Waals surface area contributed by atoms with Gasteiger partial charge in [0.05, 0.1) is 6.42 Å². The fraction of sp³-hybridized carbons (Fsp3) is 0.192. The van der Waals surface area contributed by atoms with E-state index in [1.54, 1.807) is 60.7 Å². The fourth-order valence-electron chi connectivity index (χ4n) is 3.59. The molecule has 1 aromatic heterocycles. The summed E-state index contributed by atoms with van der Waals surface area (Å²) in [6, 6.07) is 16.5. The Balaban J connectivity index is 1.91. The van der Waals surface area contributed by atoms with Crippen LogP contribution in [0, 0.1) is 0 Å². The van der Waals surface area contributed by atoms with Gasteiger partial charge < -0.3 is 25.6 Å². The minimum atomic E-state index is -1.61. The zero-order valence-corrected chi connectivity index (χ0v) is 19.6. The zero-order valence-electron chi connectivity index (χ0n) is 19.6. The monoisotopic (exact) mass is 508 g/mol. The molecule has 1 unspecified atom stereocenters. The molecule has 0 spiro atoms. The number of ketones is 1. The number of carboxylic acids is 1. The number of halogens is 1. The number of anilines is 2. The second-order valence-corrected chi connectivity index (χ2v) is 8.04. The van der Waals surface area contributed by atoms with Crippen molar-refractivity contribution in [2.24, 2.45) is 0 Å². The lowest BCUT2D eigenvalue weighted by Crippen LogP contribution is -2.47. The quantitative estimate of drug-likeness (QED) is 0.313. The smallest absolute Gasteiger partial charge is 0.323 e. The van der Waals surface area contributed by atoms with Crippen LogP contribution >= 0.6 is 0 Å². The molecule has 0 saturated carbocycles. The lowest BCUT2D eigenvalue weighted by atomic mass is 10.0. The number of hydrogen-bond acceptors (Lipinski definition) is 5. The maximum absolute atomic E-state index is 13.3. The molecular weight excluding hydrogens is 483 g/mol. The minimum Gasteiger partial charge on any atom is -0.481 e. The number of rotatable bonds is 11. The van der Waals surface area contributed by atoms with Crippen LogP contribution in [0.4, 0.5) is 20.6 Å². The summed E-state index contributed by atoms with van der Waals surface area (Å²) in [4.78, 5) is 62.0. The van der Waals surface area contributed by atoms with Crippen LogP contribution in [0.5, 0.6) is 0 Å². The van der Waals surface area contributed by atoms with Crippen LogP contribution in [-0.4, -0.2) is 46.1 Å². The lowest BCUT2D eigenvalue weighted by Gasteiger charge is -2.23. The summed E-state index contributed by atoms with van der Waals surface area (Å²) in [7, 11) is 0. The predicted octanol–water partition coefficient (Wildman–Crippen LogP) is 2.77. The third kappa shape index (κ3) is 7.59. The van der Waals surface area contributed by atoms with E-state index in [9.17, 15) is 28.4 Å². The number of aliphatic carboxylic acids is 1. The highest BCUT2D eigenvalue weighted by Gasteiger charge is 2.29. The third-order valence-electron chi connectivity index (χ3n) is 5.38. The van der Waals surface area contributed by atoms with E-state index in [2.05, 4.69) is 16.0 Å². The number of urea groups is 1. The van der Waals surface area contributed by atoms with Crippen LogP contribution < -0.4 is 21.5 Å². The summed E-state index contributed by atoms with van der Waals surface area (Å²) >= 11 is 0. The summed E-state index contributed by atoms with van der Waals surface area (Å²) in [5, 5.41) is 16.4. The second kappa shape index (κ2) is 12.8. The molecule has 1 heterocycles. The zero-order chi connectivity index (χ0) is 26.8. The number of nitrogens with one attached hydrogen (secondary N) is 3. The number of hydrogen-bond donors (Lipinski definition) is 4. The Labute approximate surface area is 211 Å². The average Bonchev–Trinajstić information content (AvgIpc) is 2.88. The van der Waals surface area contributed by atoms with E-state index in [-0.39, 0.29) is 12.1 Å². The topological polar surface area (TPSA) is 147 Å². The van der Waals surface area contributed by atoms with E-state index in [0.29, 0.717) is 11.3 Å². The Bertz CT molecular complexity index is 1310. The van der Waals surface area contributed by atoms with Gasteiger partial charge in [-0.3, -0.25) is 19.2 Å². The van der Waals surface area contributed by atoms with Gasteiger partial charge in [-0.15, -0.1) is 0 Å². The molecule has 3 aromatic rings. The van der Waals surface area contributed by atoms with Crippen molar-refractivity contribution in [2.75, 3.05) is 17.3 Å². The molecule has 0 bridgehead atoms. The summed E-state index contributed by atoms with van der Waals surface area (Å²) in [6.07, 6.45) is 0.511. The Morgan fingerprint density at radius 2 is 1.54 bits per heavy atom. The highest BCUT2D eigenvalue weighted by molar-refractivity contribution is 5.99. The Morgan fingerprint density at radius 1 is 0.892 bits per heavy atom. The van der Waals surface area contributed by atoms with Gasteiger partial charge in [-0.25, -0.2) is 9.18 Å². The number of Topliss-reactive ketones (excluding diaryl/α,β-unsaturated/α-hetero) is 1. The van der Waals surface area contributed by atoms with Crippen LogP contribution in [0.2, 0.25) is 0 Å². The number of amides is 3. The average molecular weight is 509 g/mol. The maximum atomic E-state index is 13.3. The van der Waals surface area contributed by atoms with Crippen molar-refractivity contribution in [3.05, 3.63) is 94.9 Å². The van der Waals surface area contributed by atoms with Crippen molar-refractivity contribution in [1.82, 2.24) is 9.88 Å². The van der Waals surface area contributed by atoms with E-state index in [0.717, 1.165) is 4.57 Å². The number of pyridine rings is 1. The molecule has 2 aromatic carbocycles. The molecule has 3 rings (SSSR count). The third-order valence-corrected chi connectivity index (χ3v) is 5.38. The van der Waals surface area contributed by atoms with Crippen molar-refractivity contribution in [2.45, 2.75) is 24.9 Å². The molecule has 0 aliphatic rings. The normalized spacial score (nSPS) is 12.1. The molecule has 3 amide bonds. The van der Waals surface area contributed by atoms with Crippen LogP contribution in [0.3, 0.4) is 0 Å². The number of carbonyl (C=O) groups excluding carboxylic acids is 3. The summed E-state index contributed by atoms with van der Waals surface area (Å²) in [5.41, 5.74) is 0.332. The molecule has 11 heteroatoms. The number of aromatic nitrogens is 1. The second-order valence-electron chi connectivity index (χ2n) is 8.04. The van der Waals surface area contributed by atoms with Crippen LogP contribution in [0.25, 0.3) is 0 Å². The van der Waals surface area contributed by atoms with Gasteiger partial charge in [-0.2, -0.15) is 0 Å². The van der Waals surface area contributed by atoms with Gasteiger partial charge in [-0.1, -0.05) is 48.5 Å². The van der Waals surface area contributed by atoms with Crippen molar-refractivity contribution >= 4 is 35.1 Å². The first-order chi connectivity index (χ1) is 17.8. The highest BCUT2D eigenvalue weighted by atomic mass is 19.1. The fourth-order valence-corrected chi connectivity index (χ4v) is 3.59. The van der Waals surface area contributed by atoms with Crippen molar-refractivity contribution in [3.63, 3.8) is 0 Å². The van der Waals surface area contributed by atoms with E-state index < -0.39 is 54.4 Å². The number of para-hydroxylation sites is 1. The molecule has 0 saturated heterocycles. The molecule has 192 valence electrons. The molecule has 10 nitrogen and oxygen atoms in total. The van der Waals surface area contributed by atoms with Gasteiger partial charge in [0, 0.05) is 18.3 Å². The first-order valence-electron chi connectivity index (χ1n) is 11.3. The van der Waals surface area contributed by atoms with Crippen molar-refractivity contribution < 1.29 is 28.7 Å². The van der Waals surface area contributed by atoms with Gasteiger partial charge in [0.2, 0.25) is 5.91 Å². The summed E-state index contributed by atoms with van der Waals surface area (Å²) in [5.74, 6) is -3.36. The summed E-state index contributed by atoms with van der Waals surface area (Å²) in [6.45, 7) is -1.46. The number of benzene rings is 2.